The van der Waals surface area contributed by atoms with E-state index in [0.29, 0.717) is 0 Å². The van der Waals surface area contributed by atoms with E-state index >= 15 is 0 Å². The van der Waals surface area contributed by atoms with Gasteiger partial charge in [0.05, 0.1) is 5.38 Å². The molecule has 0 nitrogen and oxygen atoms in total. The minimum atomic E-state index is -0.718. The Labute approximate surface area is 131 Å². The Hall–Kier alpha value is -0.200. The first kappa shape index (κ1) is 14.2. The molecule has 0 fully saturated rings. The van der Waals surface area contributed by atoms with Crippen molar-refractivity contribution in [2.45, 2.75) is 5.38 Å². The normalized spacial score (nSPS) is 12.5. The molecule has 0 aliphatic carbocycles. The minimum Gasteiger partial charge on any atom is -0.207 e. The fraction of sp³-hybridized carbons (Fsp3) is 0.0769. The standard InChI is InChI=1S/C13H7BrClF2I/c14-7-1-4-12(18)10(5-7)13(15)9-6-8(16)2-3-11(9)17/h1-6,13H. The lowest BCUT2D eigenvalue weighted by Gasteiger charge is -2.13. The van der Waals surface area contributed by atoms with Crippen LogP contribution in [0.5, 0.6) is 0 Å². The highest BCUT2D eigenvalue weighted by Gasteiger charge is 2.18. The summed E-state index contributed by atoms with van der Waals surface area (Å²) in [6.45, 7) is 0. The molecule has 0 bridgehead atoms. The van der Waals surface area contributed by atoms with Gasteiger partial charge in [-0.2, -0.15) is 0 Å². The predicted octanol–water partition coefficient (Wildman–Crippen LogP) is 5.66. The molecular formula is C13H7BrClF2I. The zero-order chi connectivity index (χ0) is 13.3. The lowest BCUT2D eigenvalue weighted by atomic mass is 10.0. The molecule has 0 saturated carbocycles. The van der Waals surface area contributed by atoms with Crippen molar-refractivity contribution in [1.82, 2.24) is 0 Å². The Bertz CT molecular complexity index is 538. The molecule has 2 aromatic carbocycles. The van der Waals surface area contributed by atoms with Crippen LogP contribution in [0.25, 0.3) is 0 Å². The van der Waals surface area contributed by atoms with E-state index in [4.69, 9.17) is 11.6 Å². The molecule has 0 radical (unpaired) electrons. The molecule has 0 heterocycles. The lowest BCUT2D eigenvalue weighted by Crippen LogP contribution is -2.00. The van der Waals surface area contributed by atoms with Crippen molar-refractivity contribution >= 4 is 50.1 Å². The SMILES string of the molecule is Fc1ccc(F)c(C(Cl)c2cc(Br)ccc2I)c1. The monoisotopic (exact) mass is 442 g/mol. The van der Waals surface area contributed by atoms with E-state index in [9.17, 15) is 8.78 Å². The van der Waals surface area contributed by atoms with Crippen molar-refractivity contribution in [3.05, 3.63) is 67.2 Å². The third kappa shape index (κ3) is 3.03. The van der Waals surface area contributed by atoms with Crippen molar-refractivity contribution in [3.63, 3.8) is 0 Å². The first-order valence-corrected chi connectivity index (χ1v) is 7.34. The van der Waals surface area contributed by atoms with Crippen molar-refractivity contribution in [2.75, 3.05) is 0 Å². The number of alkyl halides is 1. The van der Waals surface area contributed by atoms with E-state index in [1.54, 1.807) is 0 Å². The molecule has 2 aromatic rings. The second kappa shape index (κ2) is 5.84. The van der Waals surface area contributed by atoms with Gasteiger partial charge in [-0.25, -0.2) is 8.78 Å². The maximum absolute atomic E-state index is 13.7. The van der Waals surface area contributed by atoms with Gasteiger partial charge in [0.2, 0.25) is 0 Å². The van der Waals surface area contributed by atoms with E-state index < -0.39 is 17.0 Å². The van der Waals surface area contributed by atoms with Gasteiger partial charge in [0.15, 0.2) is 0 Å². The molecule has 0 aliphatic rings. The van der Waals surface area contributed by atoms with Crippen LogP contribution in [0.1, 0.15) is 16.5 Å². The molecule has 5 heteroatoms. The maximum Gasteiger partial charge on any atom is 0.128 e. The van der Waals surface area contributed by atoms with Crippen LogP contribution in [-0.4, -0.2) is 0 Å². The third-order valence-electron chi connectivity index (χ3n) is 2.46. The highest BCUT2D eigenvalue weighted by atomic mass is 127. The second-order valence-electron chi connectivity index (χ2n) is 3.69. The maximum atomic E-state index is 13.7. The Balaban J connectivity index is 2.50. The van der Waals surface area contributed by atoms with Gasteiger partial charge in [0.1, 0.15) is 11.6 Å². The van der Waals surface area contributed by atoms with Crippen LogP contribution >= 0.6 is 50.1 Å². The van der Waals surface area contributed by atoms with Crippen molar-refractivity contribution in [3.8, 4) is 0 Å². The molecule has 0 spiro atoms. The van der Waals surface area contributed by atoms with Crippen LogP contribution in [0, 0.1) is 15.2 Å². The zero-order valence-corrected chi connectivity index (χ0v) is 13.4. The summed E-state index contributed by atoms with van der Waals surface area (Å²) < 4.78 is 28.6. The average molecular weight is 443 g/mol. The summed E-state index contributed by atoms with van der Waals surface area (Å²) in [7, 11) is 0. The molecule has 1 atom stereocenters. The van der Waals surface area contributed by atoms with E-state index in [1.165, 1.54) is 0 Å². The molecule has 0 aromatic heterocycles. The van der Waals surface area contributed by atoms with Crippen molar-refractivity contribution < 1.29 is 8.78 Å². The summed E-state index contributed by atoms with van der Waals surface area (Å²) in [6.07, 6.45) is 0. The van der Waals surface area contributed by atoms with E-state index in [-0.39, 0.29) is 5.56 Å². The molecule has 0 N–H and O–H groups in total. The molecule has 18 heavy (non-hydrogen) atoms. The first-order valence-electron chi connectivity index (χ1n) is 5.03. The largest absolute Gasteiger partial charge is 0.207 e. The summed E-state index contributed by atoms with van der Waals surface area (Å²) in [5.41, 5.74) is 0.892. The number of hydrogen-bond donors (Lipinski definition) is 0. The van der Waals surface area contributed by atoms with Gasteiger partial charge in [0, 0.05) is 13.6 Å². The van der Waals surface area contributed by atoms with Crippen LogP contribution in [0.3, 0.4) is 0 Å². The van der Waals surface area contributed by atoms with E-state index in [0.717, 1.165) is 31.8 Å². The van der Waals surface area contributed by atoms with Gasteiger partial charge in [-0.3, -0.25) is 0 Å². The fourth-order valence-electron chi connectivity index (χ4n) is 1.59. The van der Waals surface area contributed by atoms with Crippen LogP contribution in [-0.2, 0) is 0 Å². The van der Waals surface area contributed by atoms with Crippen molar-refractivity contribution in [1.29, 1.82) is 0 Å². The van der Waals surface area contributed by atoms with E-state index in [2.05, 4.69) is 38.5 Å². The number of benzene rings is 2. The van der Waals surface area contributed by atoms with Gasteiger partial charge in [-0.05, 0) is 64.6 Å². The molecular weight excluding hydrogens is 436 g/mol. The molecule has 0 saturated heterocycles. The fourth-order valence-corrected chi connectivity index (χ4v) is 3.14. The van der Waals surface area contributed by atoms with Crippen LogP contribution in [0.4, 0.5) is 8.78 Å². The Morgan fingerprint density at radius 1 is 1.06 bits per heavy atom. The molecule has 0 aliphatic heterocycles. The Morgan fingerprint density at radius 3 is 2.50 bits per heavy atom. The predicted molar refractivity (Wildman–Crippen MR) is 80.9 cm³/mol. The summed E-state index contributed by atoms with van der Waals surface area (Å²) in [4.78, 5) is 0. The highest BCUT2D eigenvalue weighted by molar-refractivity contribution is 14.1. The zero-order valence-electron chi connectivity index (χ0n) is 8.93. The summed E-state index contributed by atoms with van der Waals surface area (Å²) >= 11 is 11.7. The topological polar surface area (TPSA) is 0 Å². The van der Waals surface area contributed by atoms with Gasteiger partial charge >= 0.3 is 0 Å². The van der Waals surface area contributed by atoms with Crippen molar-refractivity contribution in [2.24, 2.45) is 0 Å². The summed E-state index contributed by atoms with van der Waals surface area (Å²) in [5.74, 6) is -1.01. The number of hydrogen-bond acceptors (Lipinski definition) is 0. The molecule has 0 amide bonds. The Morgan fingerprint density at radius 2 is 1.78 bits per heavy atom. The molecule has 2 rings (SSSR count). The Kier molecular flexibility index (Phi) is 4.61. The third-order valence-corrected chi connectivity index (χ3v) is 4.41. The molecule has 94 valence electrons. The summed E-state index contributed by atoms with van der Waals surface area (Å²) in [6, 6.07) is 8.84. The average Bonchev–Trinajstić information content (AvgIpc) is 2.34. The van der Waals surface area contributed by atoms with Gasteiger partial charge in [-0.1, -0.05) is 15.9 Å². The van der Waals surface area contributed by atoms with Gasteiger partial charge < -0.3 is 0 Å². The first-order chi connectivity index (χ1) is 8.49. The number of halogens is 5. The van der Waals surface area contributed by atoms with E-state index in [1.807, 2.05) is 18.2 Å². The second-order valence-corrected chi connectivity index (χ2v) is 6.21. The lowest BCUT2D eigenvalue weighted by molar-refractivity contribution is 0.587. The van der Waals surface area contributed by atoms with Gasteiger partial charge in [-0.15, -0.1) is 11.6 Å². The summed E-state index contributed by atoms with van der Waals surface area (Å²) in [5, 5.41) is -0.718. The van der Waals surface area contributed by atoms with Gasteiger partial charge in [0.25, 0.3) is 0 Å². The highest BCUT2D eigenvalue weighted by Crippen LogP contribution is 2.35. The quantitative estimate of drug-likeness (QED) is 0.415. The number of rotatable bonds is 2. The van der Waals surface area contributed by atoms with Crippen LogP contribution in [0.15, 0.2) is 40.9 Å². The van der Waals surface area contributed by atoms with Crippen LogP contribution in [0.2, 0.25) is 0 Å². The smallest absolute Gasteiger partial charge is 0.128 e. The molecule has 1 unspecified atom stereocenters. The minimum absolute atomic E-state index is 0.146. The van der Waals surface area contributed by atoms with Crippen LogP contribution < -0.4 is 0 Å².